The second kappa shape index (κ2) is 15.8. The minimum Gasteiger partial charge on any atom is -0.387 e. The van der Waals surface area contributed by atoms with Crippen LogP contribution >= 0.6 is 7.82 Å². The summed E-state index contributed by atoms with van der Waals surface area (Å²) in [6.07, 6.45) is 14.8. The van der Waals surface area contributed by atoms with Gasteiger partial charge in [0.25, 0.3) is 0 Å². The van der Waals surface area contributed by atoms with E-state index in [1.54, 1.807) is 6.08 Å². The Kier molecular flexibility index (Phi) is 15.6. The SMILES string of the molecule is CCCCCCCCCCCCC/C=C/[C@@H](O)[C@H](N)C(O)OP(=O)(O)O. The van der Waals surface area contributed by atoms with Crippen LogP contribution in [0.4, 0.5) is 0 Å². The fourth-order valence-electron chi connectivity index (χ4n) is 2.67. The first-order valence-corrected chi connectivity index (χ1v) is 11.3. The molecule has 0 aliphatic carbocycles. The van der Waals surface area contributed by atoms with Gasteiger partial charge >= 0.3 is 7.82 Å². The zero-order chi connectivity index (χ0) is 19.8. The number of unbranched alkanes of at least 4 members (excludes halogenated alkanes) is 11. The monoisotopic (exact) mass is 395 g/mol. The lowest BCUT2D eigenvalue weighted by Gasteiger charge is -2.21. The molecule has 156 valence electrons. The molecular weight excluding hydrogens is 357 g/mol. The van der Waals surface area contributed by atoms with Crippen LogP contribution in [0.5, 0.6) is 0 Å². The molecule has 0 spiro atoms. The average molecular weight is 395 g/mol. The second-order valence-corrected chi connectivity index (χ2v) is 8.00. The van der Waals surface area contributed by atoms with Gasteiger partial charge in [0.05, 0.1) is 12.1 Å². The number of phosphoric acid groups is 1. The Bertz CT molecular complexity index is 401. The summed E-state index contributed by atoms with van der Waals surface area (Å²) in [5.74, 6) is 0. The highest BCUT2D eigenvalue weighted by Crippen LogP contribution is 2.37. The van der Waals surface area contributed by atoms with E-state index < -0.39 is 26.3 Å². The maximum absolute atomic E-state index is 10.6. The molecule has 26 heavy (non-hydrogen) atoms. The topological polar surface area (TPSA) is 133 Å². The van der Waals surface area contributed by atoms with Crippen molar-refractivity contribution in [2.75, 3.05) is 0 Å². The predicted molar refractivity (Wildman–Crippen MR) is 103 cm³/mol. The van der Waals surface area contributed by atoms with E-state index in [0.29, 0.717) is 0 Å². The van der Waals surface area contributed by atoms with E-state index in [2.05, 4.69) is 11.4 Å². The summed E-state index contributed by atoms with van der Waals surface area (Å²) >= 11 is 0. The molecule has 0 heterocycles. The summed E-state index contributed by atoms with van der Waals surface area (Å²) in [7, 11) is -4.84. The minimum atomic E-state index is -4.84. The molecule has 7 nitrogen and oxygen atoms in total. The molecule has 0 bridgehead atoms. The number of aliphatic hydroxyl groups is 2. The number of rotatable bonds is 17. The molecule has 6 N–H and O–H groups in total. The van der Waals surface area contributed by atoms with Gasteiger partial charge in [-0.1, -0.05) is 83.3 Å². The molecule has 1 unspecified atom stereocenters. The molecule has 0 saturated carbocycles. The molecule has 0 fully saturated rings. The van der Waals surface area contributed by atoms with Crippen molar-refractivity contribution >= 4 is 7.82 Å². The molecule has 0 aliphatic rings. The van der Waals surface area contributed by atoms with Crippen molar-refractivity contribution < 1.29 is 29.1 Å². The smallest absolute Gasteiger partial charge is 0.387 e. The lowest BCUT2D eigenvalue weighted by atomic mass is 10.0. The molecule has 0 amide bonds. The first-order chi connectivity index (χ1) is 12.3. The van der Waals surface area contributed by atoms with Crippen molar-refractivity contribution in [2.45, 2.75) is 102 Å². The first-order valence-electron chi connectivity index (χ1n) is 9.80. The lowest BCUT2D eigenvalue weighted by molar-refractivity contribution is -0.0727. The third kappa shape index (κ3) is 15.9. The van der Waals surface area contributed by atoms with Crippen LogP contribution in [-0.2, 0) is 9.09 Å². The van der Waals surface area contributed by atoms with Crippen LogP contribution < -0.4 is 5.73 Å². The molecule has 0 radical (unpaired) electrons. The first kappa shape index (κ1) is 25.7. The van der Waals surface area contributed by atoms with Gasteiger partial charge in [0, 0.05) is 0 Å². The normalized spacial score (nSPS) is 16.1. The number of aliphatic hydroxyl groups excluding tert-OH is 2. The van der Waals surface area contributed by atoms with Gasteiger partial charge in [0.1, 0.15) is 0 Å². The third-order valence-electron chi connectivity index (χ3n) is 4.28. The predicted octanol–water partition coefficient (Wildman–Crippen LogP) is 3.36. The van der Waals surface area contributed by atoms with Crippen molar-refractivity contribution in [2.24, 2.45) is 5.73 Å². The van der Waals surface area contributed by atoms with Crippen molar-refractivity contribution in [1.29, 1.82) is 0 Å². The maximum Gasteiger partial charge on any atom is 0.471 e. The van der Waals surface area contributed by atoms with Crippen molar-refractivity contribution in [3.63, 3.8) is 0 Å². The van der Waals surface area contributed by atoms with Gasteiger partial charge in [-0.05, 0) is 12.8 Å². The van der Waals surface area contributed by atoms with Gasteiger partial charge in [-0.15, -0.1) is 0 Å². The van der Waals surface area contributed by atoms with Crippen molar-refractivity contribution in [3.05, 3.63) is 12.2 Å². The summed E-state index contributed by atoms with van der Waals surface area (Å²) in [5, 5.41) is 19.2. The van der Waals surface area contributed by atoms with E-state index in [9.17, 15) is 14.8 Å². The van der Waals surface area contributed by atoms with Gasteiger partial charge in [0.15, 0.2) is 6.29 Å². The van der Waals surface area contributed by atoms with Crippen LogP contribution in [0.2, 0.25) is 0 Å². The van der Waals surface area contributed by atoms with Crippen LogP contribution in [0.3, 0.4) is 0 Å². The van der Waals surface area contributed by atoms with Crippen LogP contribution in [0.15, 0.2) is 12.2 Å². The molecule has 0 aromatic rings. The number of hydrogen-bond acceptors (Lipinski definition) is 5. The molecule has 0 saturated heterocycles. The van der Waals surface area contributed by atoms with E-state index in [0.717, 1.165) is 19.3 Å². The largest absolute Gasteiger partial charge is 0.471 e. The van der Waals surface area contributed by atoms with E-state index in [1.165, 1.54) is 63.9 Å². The molecule has 0 aromatic heterocycles. The zero-order valence-electron chi connectivity index (χ0n) is 16.0. The Balaban J connectivity index is 3.61. The Hall–Kier alpha value is -0.270. The highest BCUT2D eigenvalue weighted by atomic mass is 31.2. The quantitative estimate of drug-likeness (QED) is 0.110. The van der Waals surface area contributed by atoms with E-state index in [1.807, 2.05) is 0 Å². The Morgan fingerprint density at radius 2 is 1.38 bits per heavy atom. The molecule has 0 aliphatic heterocycles. The third-order valence-corrected chi connectivity index (χ3v) is 4.77. The minimum absolute atomic E-state index is 0.788. The van der Waals surface area contributed by atoms with Crippen molar-refractivity contribution in [3.8, 4) is 0 Å². The fraction of sp³-hybridized carbons (Fsp3) is 0.889. The standard InChI is InChI=1S/C18H38NO6P/c1-2-3-4-5-6-7-8-9-10-11-12-13-14-15-16(20)17(19)18(21)25-26(22,23)24/h14-18,20-21H,2-13,19H2,1H3,(H2,22,23,24)/b15-14+/t16-,17+,18?/m1/s1. The molecule has 0 aromatic carbocycles. The number of hydrogen-bond donors (Lipinski definition) is 5. The van der Waals surface area contributed by atoms with Gasteiger partial charge in [-0.3, -0.25) is 4.52 Å². The van der Waals surface area contributed by atoms with Crippen LogP contribution in [0.25, 0.3) is 0 Å². The average Bonchev–Trinajstić information content (AvgIpc) is 2.56. The van der Waals surface area contributed by atoms with E-state index >= 15 is 0 Å². The Morgan fingerprint density at radius 1 is 0.923 bits per heavy atom. The number of nitrogens with two attached hydrogens (primary N) is 1. The van der Waals surface area contributed by atoms with Gasteiger partial charge in [-0.25, -0.2) is 4.57 Å². The summed E-state index contributed by atoms with van der Waals surface area (Å²) in [6.45, 7) is 2.23. The van der Waals surface area contributed by atoms with Crippen LogP contribution in [0, 0.1) is 0 Å². The summed E-state index contributed by atoms with van der Waals surface area (Å²) < 4.78 is 14.7. The lowest BCUT2D eigenvalue weighted by Crippen LogP contribution is -2.44. The second-order valence-electron chi connectivity index (χ2n) is 6.81. The number of phosphoric ester groups is 1. The zero-order valence-corrected chi connectivity index (χ0v) is 16.9. The molecular formula is C18H38NO6P. The Labute approximate surface area is 157 Å². The number of allylic oxidation sites excluding steroid dienone is 1. The van der Waals surface area contributed by atoms with Gasteiger partial charge in [0.2, 0.25) is 0 Å². The van der Waals surface area contributed by atoms with Crippen LogP contribution in [0.1, 0.15) is 84.0 Å². The van der Waals surface area contributed by atoms with E-state index in [4.69, 9.17) is 15.5 Å². The van der Waals surface area contributed by atoms with Gasteiger partial charge in [-0.2, -0.15) is 0 Å². The summed E-state index contributed by atoms with van der Waals surface area (Å²) in [6, 6.07) is -1.32. The molecule has 0 rings (SSSR count). The fourth-order valence-corrected chi connectivity index (χ4v) is 3.09. The van der Waals surface area contributed by atoms with Gasteiger partial charge < -0.3 is 25.7 Å². The Morgan fingerprint density at radius 3 is 1.85 bits per heavy atom. The highest BCUT2D eigenvalue weighted by Gasteiger charge is 2.28. The summed E-state index contributed by atoms with van der Waals surface area (Å²) in [4.78, 5) is 17.2. The van der Waals surface area contributed by atoms with Crippen LogP contribution in [-0.4, -0.2) is 38.4 Å². The molecule has 3 atom stereocenters. The van der Waals surface area contributed by atoms with E-state index in [-0.39, 0.29) is 0 Å². The maximum atomic E-state index is 10.6. The molecule has 8 heteroatoms. The summed E-state index contributed by atoms with van der Waals surface area (Å²) in [5.41, 5.74) is 5.50. The van der Waals surface area contributed by atoms with Crippen molar-refractivity contribution in [1.82, 2.24) is 0 Å². The highest BCUT2D eigenvalue weighted by molar-refractivity contribution is 7.46.